The first-order chi connectivity index (χ1) is 7.16. The first-order valence-electron chi connectivity index (χ1n) is 5.00. The number of carboxylic acid groups (broad SMARTS) is 1. The van der Waals surface area contributed by atoms with Crippen molar-refractivity contribution in [3.63, 3.8) is 0 Å². The van der Waals surface area contributed by atoms with Gasteiger partial charge in [-0.15, -0.1) is 0 Å². The maximum absolute atomic E-state index is 10.6. The van der Waals surface area contributed by atoms with E-state index in [-0.39, 0.29) is 12.3 Å². The number of nitrogens with zero attached hydrogens (tertiary/aromatic N) is 1. The third-order valence-corrected chi connectivity index (χ3v) is 2.58. The van der Waals surface area contributed by atoms with Gasteiger partial charge in [0.2, 0.25) is 0 Å². The summed E-state index contributed by atoms with van der Waals surface area (Å²) in [4.78, 5) is 14.8. The van der Waals surface area contributed by atoms with Gasteiger partial charge in [-0.2, -0.15) is 0 Å². The quantitative estimate of drug-likeness (QED) is 0.817. The molecular formula is C11H13NO3. The van der Waals surface area contributed by atoms with Crippen LogP contribution in [0.15, 0.2) is 12.3 Å². The molecule has 0 aliphatic carbocycles. The van der Waals surface area contributed by atoms with Crippen LogP contribution in [0.3, 0.4) is 0 Å². The number of ether oxygens (including phenoxy) is 1. The van der Waals surface area contributed by atoms with Crippen LogP contribution in [0, 0.1) is 0 Å². The van der Waals surface area contributed by atoms with Crippen LogP contribution in [0.1, 0.15) is 30.5 Å². The summed E-state index contributed by atoms with van der Waals surface area (Å²) in [6.07, 6.45) is 2.70. The molecule has 2 heterocycles. The van der Waals surface area contributed by atoms with E-state index in [2.05, 4.69) is 4.98 Å². The number of aliphatic carboxylic acids is 1. The molecule has 0 saturated carbocycles. The van der Waals surface area contributed by atoms with Gasteiger partial charge in [0.15, 0.2) is 0 Å². The Kier molecular flexibility index (Phi) is 2.58. The van der Waals surface area contributed by atoms with Gasteiger partial charge in [0, 0.05) is 23.6 Å². The van der Waals surface area contributed by atoms with Gasteiger partial charge in [0.1, 0.15) is 5.75 Å². The Balaban J connectivity index is 2.19. The van der Waals surface area contributed by atoms with Crippen LogP contribution in [0.2, 0.25) is 0 Å². The van der Waals surface area contributed by atoms with Gasteiger partial charge in [-0.25, -0.2) is 0 Å². The van der Waals surface area contributed by atoms with Crippen LogP contribution in [-0.2, 0) is 11.2 Å². The molecule has 80 valence electrons. The van der Waals surface area contributed by atoms with Gasteiger partial charge < -0.3 is 9.84 Å². The fourth-order valence-corrected chi connectivity index (χ4v) is 1.74. The average Bonchev–Trinajstić information content (AvgIpc) is 2.62. The predicted molar refractivity (Wildman–Crippen MR) is 54.1 cm³/mol. The summed E-state index contributed by atoms with van der Waals surface area (Å²) in [7, 11) is 0. The zero-order valence-electron chi connectivity index (χ0n) is 8.56. The van der Waals surface area contributed by atoms with E-state index in [1.807, 2.05) is 13.0 Å². The second kappa shape index (κ2) is 3.88. The Labute approximate surface area is 87.9 Å². The van der Waals surface area contributed by atoms with Crippen molar-refractivity contribution in [1.29, 1.82) is 0 Å². The van der Waals surface area contributed by atoms with Crippen LogP contribution in [-0.4, -0.2) is 22.7 Å². The van der Waals surface area contributed by atoms with Gasteiger partial charge in [-0.1, -0.05) is 6.92 Å². The third kappa shape index (κ3) is 2.09. The van der Waals surface area contributed by atoms with Crippen molar-refractivity contribution >= 4 is 5.97 Å². The molecule has 1 aromatic heterocycles. The lowest BCUT2D eigenvalue weighted by Crippen LogP contribution is -2.04. The molecule has 1 unspecified atom stereocenters. The van der Waals surface area contributed by atoms with E-state index >= 15 is 0 Å². The van der Waals surface area contributed by atoms with Crippen molar-refractivity contribution in [2.45, 2.75) is 25.7 Å². The van der Waals surface area contributed by atoms with Crippen molar-refractivity contribution in [3.8, 4) is 5.75 Å². The lowest BCUT2D eigenvalue weighted by Gasteiger charge is -2.08. The molecule has 0 spiro atoms. The molecule has 15 heavy (non-hydrogen) atoms. The molecule has 1 atom stereocenters. The number of carbonyl (C=O) groups is 1. The molecule has 1 N–H and O–H groups in total. The van der Waals surface area contributed by atoms with E-state index < -0.39 is 5.97 Å². The monoisotopic (exact) mass is 207 g/mol. The lowest BCUT2D eigenvalue weighted by molar-refractivity contribution is -0.137. The molecule has 0 amide bonds. The van der Waals surface area contributed by atoms with E-state index in [1.54, 1.807) is 6.20 Å². The highest BCUT2D eigenvalue weighted by atomic mass is 16.5. The molecule has 0 radical (unpaired) electrons. The second-order valence-electron chi connectivity index (χ2n) is 3.81. The van der Waals surface area contributed by atoms with Gasteiger partial charge in [0.25, 0.3) is 0 Å². The van der Waals surface area contributed by atoms with Crippen LogP contribution in [0.4, 0.5) is 0 Å². The van der Waals surface area contributed by atoms with Crippen molar-refractivity contribution < 1.29 is 14.6 Å². The Morgan fingerprint density at radius 1 is 1.73 bits per heavy atom. The number of carboxylic acids is 1. The molecule has 1 aliphatic rings. The minimum Gasteiger partial charge on any atom is -0.491 e. The largest absolute Gasteiger partial charge is 0.491 e. The normalized spacial score (nSPS) is 15.5. The Hall–Kier alpha value is -1.58. The summed E-state index contributed by atoms with van der Waals surface area (Å²) in [6, 6.07) is 1.95. The maximum Gasteiger partial charge on any atom is 0.304 e. The van der Waals surface area contributed by atoms with Gasteiger partial charge in [-0.3, -0.25) is 9.78 Å². The fourth-order valence-electron chi connectivity index (χ4n) is 1.74. The predicted octanol–water partition coefficient (Wildman–Crippen LogP) is 1.59. The summed E-state index contributed by atoms with van der Waals surface area (Å²) in [5, 5.41) is 8.69. The highest BCUT2D eigenvalue weighted by Crippen LogP contribution is 2.27. The van der Waals surface area contributed by atoms with Gasteiger partial charge >= 0.3 is 5.97 Å². The zero-order valence-corrected chi connectivity index (χ0v) is 8.56. The molecule has 1 aromatic rings. The lowest BCUT2D eigenvalue weighted by atomic mass is 10.0. The first-order valence-corrected chi connectivity index (χ1v) is 5.00. The Morgan fingerprint density at radius 2 is 2.53 bits per heavy atom. The topological polar surface area (TPSA) is 59.4 Å². The average molecular weight is 207 g/mol. The van der Waals surface area contributed by atoms with E-state index in [4.69, 9.17) is 9.84 Å². The molecule has 0 aromatic carbocycles. The van der Waals surface area contributed by atoms with Crippen molar-refractivity contribution in [2.75, 3.05) is 6.61 Å². The van der Waals surface area contributed by atoms with E-state index in [0.29, 0.717) is 6.61 Å². The van der Waals surface area contributed by atoms with Gasteiger partial charge in [-0.05, 0) is 6.07 Å². The third-order valence-electron chi connectivity index (χ3n) is 2.58. The Bertz CT molecular complexity index is 389. The molecule has 0 fully saturated rings. The zero-order chi connectivity index (χ0) is 10.8. The highest BCUT2D eigenvalue weighted by Gasteiger charge is 2.17. The van der Waals surface area contributed by atoms with E-state index in [9.17, 15) is 4.79 Å². The standard InChI is InChI=1S/C11H13NO3/c1-7(4-11(13)14)9-5-8-2-3-15-10(8)6-12-9/h5-7H,2-4H2,1H3,(H,13,14). The minimum atomic E-state index is -0.791. The molecule has 2 rings (SSSR count). The Morgan fingerprint density at radius 3 is 3.27 bits per heavy atom. The van der Waals surface area contributed by atoms with Gasteiger partial charge in [0.05, 0.1) is 19.2 Å². The van der Waals surface area contributed by atoms with Crippen LogP contribution in [0.5, 0.6) is 5.75 Å². The van der Waals surface area contributed by atoms with E-state index in [0.717, 1.165) is 23.4 Å². The van der Waals surface area contributed by atoms with Crippen LogP contribution in [0.25, 0.3) is 0 Å². The molecule has 4 heteroatoms. The number of fused-ring (bicyclic) bond motifs is 1. The SMILES string of the molecule is CC(CC(=O)O)c1cc2c(cn1)OCC2. The van der Waals surface area contributed by atoms with Crippen LogP contribution < -0.4 is 4.74 Å². The number of hydrogen-bond donors (Lipinski definition) is 1. The fraction of sp³-hybridized carbons (Fsp3) is 0.455. The van der Waals surface area contributed by atoms with Crippen molar-refractivity contribution in [1.82, 2.24) is 4.98 Å². The number of aromatic nitrogens is 1. The smallest absolute Gasteiger partial charge is 0.304 e. The summed E-state index contributed by atoms with van der Waals surface area (Å²) >= 11 is 0. The number of hydrogen-bond acceptors (Lipinski definition) is 3. The molecule has 4 nitrogen and oxygen atoms in total. The summed E-state index contributed by atoms with van der Waals surface area (Å²) in [5.74, 6) is -0.00396. The summed E-state index contributed by atoms with van der Waals surface area (Å²) < 4.78 is 5.34. The van der Waals surface area contributed by atoms with E-state index in [1.165, 1.54) is 0 Å². The molecule has 1 aliphatic heterocycles. The summed E-state index contributed by atoms with van der Waals surface area (Å²) in [5.41, 5.74) is 1.97. The van der Waals surface area contributed by atoms with Crippen LogP contribution >= 0.6 is 0 Å². The first kappa shape index (κ1) is 9.96. The number of pyridine rings is 1. The minimum absolute atomic E-state index is 0.0478. The second-order valence-corrected chi connectivity index (χ2v) is 3.81. The summed E-state index contributed by atoms with van der Waals surface area (Å²) in [6.45, 7) is 2.58. The molecule has 0 saturated heterocycles. The highest BCUT2D eigenvalue weighted by molar-refractivity contribution is 5.67. The molecular weight excluding hydrogens is 194 g/mol. The van der Waals surface area contributed by atoms with Crippen molar-refractivity contribution in [2.24, 2.45) is 0 Å². The van der Waals surface area contributed by atoms with Crippen molar-refractivity contribution in [3.05, 3.63) is 23.5 Å². The number of rotatable bonds is 3. The molecule has 0 bridgehead atoms. The maximum atomic E-state index is 10.6.